The largest absolute Gasteiger partial charge is 0.490 e. The molecule has 0 unspecified atom stereocenters. The smallest absolute Gasteiger partial charge is 0.346 e. The Bertz CT molecular complexity index is 1890. The SMILES string of the molecule is C=CCc1cc(C=Nn2c(-c3cc4cc(Br)ccc4o3)nc3ccccc3c2=O)cc(OCC)c1O[C@@H](C)C(=O)OC. The van der Waals surface area contributed by atoms with Crippen molar-refractivity contribution in [1.29, 1.82) is 0 Å². The van der Waals surface area contributed by atoms with Crippen LogP contribution in [-0.2, 0) is 16.0 Å². The van der Waals surface area contributed by atoms with E-state index in [1.807, 2.05) is 43.3 Å². The molecule has 10 heteroatoms. The maximum Gasteiger partial charge on any atom is 0.346 e. The Kier molecular flexibility index (Phi) is 8.53. The molecule has 9 nitrogen and oxygen atoms in total. The van der Waals surface area contributed by atoms with Crippen LogP contribution in [-0.4, -0.2) is 41.7 Å². The minimum Gasteiger partial charge on any atom is -0.490 e. The lowest BCUT2D eigenvalue weighted by Gasteiger charge is -2.19. The van der Waals surface area contributed by atoms with Crippen molar-refractivity contribution in [3.05, 3.63) is 99.3 Å². The summed E-state index contributed by atoms with van der Waals surface area (Å²) in [5.41, 5.74) is 2.18. The van der Waals surface area contributed by atoms with Crippen LogP contribution in [0.5, 0.6) is 11.5 Å². The first-order valence-corrected chi connectivity index (χ1v) is 14.0. The van der Waals surface area contributed by atoms with Crippen molar-refractivity contribution in [1.82, 2.24) is 9.66 Å². The zero-order chi connectivity index (χ0) is 29.8. The highest BCUT2D eigenvalue weighted by atomic mass is 79.9. The average molecular weight is 630 g/mol. The van der Waals surface area contributed by atoms with Gasteiger partial charge in [-0.25, -0.2) is 9.78 Å². The summed E-state index contributed by atoms with van der Waals surface area (Å²) in [6, 6.07) is 18.1. The number of ether oxygens (including phenoxy) is 3. The lowest BCUT2D eigenvalue weighted by atomic mass is 10.1. The number of para-hydroxylation sites is 1. The number of methoxy groups -OCH3 is 1. The number of carbonyl (C=O) groups excluding carboxylic acids is 1. The fraction of sp³-hybridized carbons (Fsp3) is 0.188. The van der Waals surface area contributed by atoms with Crippen LogP contribution in [0.1, 0.15) is 25.0 Å². The molecule has 0 bridgehead atoms. The number of rotatable bonds is 10. The van der Waals surface area contributed by atoms with E-state index in [4.69, 9.17) is 23.6 Å². The number of fused-ring (bicyclic) bond motifs is 2. The standard InChI is InChI=1S/C32H28BrN3O6/c1-5-9-21-14-20(15-27(40-6-2)29(21)41-19(3)32(38)39-4)18-34-36-30(35-25-11-8-7-10-24(25)31(36)37)28-17-22-16-23(33)12-13-26(22)42-28/h5,7-8,10-19H,1,6,9H2,2-4H3/t19-/m0/s1. The number of aromatic nitrogens is 2. The van der Waals surface area contributed by atoms with Gasteiger partial charge in [0, 0.05) is 15.4 Å². The van der Waals surface area contributed by atoms with Gasteiger partial charge < -0.3 is 18.6 Å². The van der Waals surface area contributed by atoms with Gasteiger partial charge in [-0.15, -0.1) is 6.58 Å². The Hall–Kier alpha value is -4.70. The fourth-order valence-corrected chi connectivity index (χ4v) is 4.87. The second-order valence-electron chi connectivity index (χ2n) is 9.32. The molecule has 0 fully saturated rings. The Morgan fingerprint density at radius 2 is 2.00 bits per heavy atom. The van der Waals surface area contributed by atoms with Crippen molar-refractivity contribution in [3.63, 3.8) is 0 Å². The Labute approximate surface area is 250 Å². The summed E-state index contributed by atoms with van der Waals surface area (Å²) in [6.45, 7) is 7.66. The number of furan rings is 1. The van der Waals surface area contributed by atoms with Crippen molar-refractivity contribution in [3.8, 4) is 23.1 Å². The minimum absolute atomic E-state index is 0.255. The van der Waals surface area contributed by atoms with Crippen molar-refractivity contribution in [2.75, 3.05) is 13.7 Å². The summed E-state index contributed by atoms with van der Waals surface area (Å²) in [5.74, 6) is 0.962. The first-order valence-electron chi connectivity index (χ1n) is 13.2. The molecule has 0 saturated heterocycles. The van der Waals surface area contributed by atoms with Crippen LogP contribution >= 0.6 is 15.9 Å². The van der Waals surface area contributed by atoms with Gasteiger partial charge in [-0.2, -0.15) is 9.78 Å². The quantitative estimate of drug-likeness (QED) is 0.0983. The summed E-state index contributed by atoms with van der Waals surface area (Å²) in [5, 5.41) is 5.84. The summed E-state index contributed by atoms with van der Waals surface area (Å²) >= 11 is 3.49. The summed E-state index contributed by atoms with van der Waals surface area (Å²) < 4.78 is 24.9. The molecule has 0 N–H and O–H groups in total. The van der Waals surface area contributed by atoms with Gasteiger partial charge in [0.15, 0.2) is 23.4 Å². The van der Waals surface area contributed by atoms with E-state index >= 15 is 0 Å². The van der Waals surface area contributed by atoms with Gasteiger partial charge in [0.1, 0.15) is 5.58 Å². The van der Waals surface area contributed by atoms with Gasteiger partial charge in [0.05, 0.1) is 30.8 Å². The predicted octanol–water partition coefficient (Wildman–Crippen LogP) is 6.52. The van der Waals surface area contributed by atoms with Crippen LogP contribution in [0.15, 0.2) is 92.1 Å². The molecule has 5 rings (SSSR count). The molecule has 5 aromatic rings. The van der Waals surface area contributed by atoms with E-state index in [0.717, 1.165) is 15.4 Å². The van der Waals surface area contributed by atoms with Crippen LogP contribution < -0.4 is 15.0 Å². The van der Waals surface area contributed by atoms with E-state index in [1.54, 1.807) is 43.5 Å². The average Bonchev–Trinajstić information content (AvgIpc) is 3.41. The molecule has 214 valence electrons. The molecule has 0 radical (unpaired) electrons. The number of hydrogen-bond acceptors (Lipinski definition) is 8. The van der Waals surface area contributed by atoms with Crippen molar-refractivity contribution < 1.29 is 23.4 Å². The zero-order valence-electron chi connectivity index (χ0n) is 23.3. The third-order valence-electron chi connectivity index (χ3n) is 6.42. The second-order valence-corrected chi connectivity index (χ2v) is 10.2. The van der Waals surface area contributed by atoms with E-state index in [1.165, 1.54) is 11.8 Å². The number of benzene rings is 3. The van der Waals surface area contributed by atoms with Crippen LogP contribution in [0.3, 0.4) is 0 Å². The molecular weight excluding hydrogens is 602 g/mol. The van der Waals surface area contributed by atoms with E-state index in [0.29, 0.717) is 52.3 Å². The van der Waals surface area contributed by atoms with Crippen molar-refractivity contribution >= 4 is 50.0 Å². The molecule has 0 spiro atoms. The van der Waals surface area contributed by atoms with Gasteiger partial charge in [-0.1, -0.05) is 34.1 Å². The molecule has 0 aliphatic heterocycles. The maximum atomic E-state index is 13.7. The summed E-state index contributed by atoms with van der Waals surface area (Å²) in [7, 11) is 1.30. The minimum atomic E-state index is -0.855. The Morgan fingerprint density at radius 3 is 2.76 bits per heavy atom. The molecule has 0 amide bonds. The predicted molar refractivity (Wildman–Crippen MR) is 166 cm³/mol. The Morgan fingerprint density at radius 1 is 1.19 bits per heavy atom. The Balaban J connectivity index is 1.64. The molecular formula is C32H28BrN3O6. The highest BCUT2D eigenvalue weighted by Gasteiger charge is 2.21. The van der Waals surface area contributed by atoms with Gasteiger partial charge in [0.2, 0.25) is 5.82 Å². The molecule has 3 aromatic carbocycles. The van der Waals surface area contributed by atoms with Crippen molar-refractivity contribution in [2.24, 2.45) is 5.10 Å². The van der Waals surface area contributed by atoms with Gasteiger partial charge in [-0.3, -0.25) is 4.79 Å². The lowest BCUT2D eigenvalue weighted by molar-refractivity contribution is -0.147. The summed E-state index contributed by atoms with van der Waals surface area (Å²) in [6.07, 6.45) is 2.84. The van der Waals surface area contributed by atoms with Gasteiger partial charge in [0.25, 0.3) is 5.56 Å². The van der Waals surface area contributed by atoms with E-state index in [-0.39, 0.29) is 11.4 Å². The molecule has 1 atom stereocenters. The second kappa shape index (κ2) is 12.4. The molecule has 2 aromatic heterocycles. The number of nitrogens with zero attached hydrogens (tertiary/aromatic N) is 3. The molecule has 2 heterocycles. The highest BCUT2D eigenvalue weighted by molar-refractivity contribution is 9.10. The van der Waals surface area contributed by atoms with Crippen molar-refractivity contribution in [2.45, 2.75) is 26.4 Å². The molecule has 0 aliphatic carbocycles. The number of carbonyl (C=O) groups is 1. The van der Waals surface area contributed by atoms with E-state index in [2.05, 4.69) is 27.6 Å². The third kappa shape index (κ3) is 5.84. The van der Waals surface area contributed by atoms with Crippen LogP contribution in [0.2, 0.25) is 0 Å². The van der Waals surface area contributed by atoms with Gasteiger partial charge >= 0.3 is 5.97 Å². The van der Waals surface area contributed by atoms with Crippen LogP contribution in [0.25, 0.3) is 33.5 Å². The molecule has 0 aliphatic rings. The number of halogens is 1. The lowest BCUT2D eigenvalue weighted by Crippen LogP contribution is -2.25. The number of esters is 1. The number of allylic oxidation sites excluding steroid dienone is 1. The van der Waals surface area contributed by atoms with Crippen LogP contribution in [0, 0.1) is 0 Å². The topological polar surface area (TPSA) is 105 Å². The first-order chi connectivity index (χ1) is 20.3. The fourth-order valence-electron chi connectivity index (χ4n) is 4.49. The monoisotopic (exact) mass is 629 g/mol. The van der Waals surface area contributed by atoms with E-state index < -0.39 is 12.1 Å². The van der Waals surface area contributed by atoms with E-state index in [9.17, 15) is 9.59 Å². The third-order valence-corrected chi connectivity index (χ3v) is 6.91. The highest BCUT2D eigenvalue weighted by Crippen LogP contribution is 2.35. The molecule has 0 saturated carbocycles. The normalized spacial score (nSPS) is 12.1. The van der Waals surface area contributed by atoms with Crippen LogP contribution in [0.4, 0.5) is 0 Å². The number of hydrogen-bond donors (Lipinski definition) is 0. The zero-order valence-corrected chi connectivity index (χ0v) is 24.9. The molecule has 42 heavy (non-hydrogen) atoms. The maximum absolute atomic E-state index is 13.7. The van der Waals surface area contributed by atoms with Gasteiger partial charge in [-0.05, 0) is 74.4 Å². The first kappa shape index (κ1) is 28.8. The summed E-state index contributed by atoms with van der Waals surface area (Å²) in [4.78, 5) is 30.5.